The number of nitrogens with zero attached hydrogens (tertiary/aromatic N) is 2. The Kier molecular flexibility index (Phi) is 10.9. The molecule has 11 heteroatoms. The minimum absolute atomic E-state index is 0.0879. The van der Waals surface area contributed by atoms with Crippen LogP contribution in [0.25, 0.3) is 22.2 Å². The fourth-order valence-electron chi connectivity index (χ4n) is 7.20. The number of rotatable bonds is 13. The third kappa shape index (κ3) is 8.16. The van der Waals surface area contributed by atoms with Gasteiger partial charge < -0.3 is 19.7 Å². The molecule has 0 spiro atoms. The van der Waals surface area contributed by atoms with Crippen molar-refractivity contribution in [3.8, 4) is 17.0 Å². The molecule has 7 nitrogen and oxygen atoms in total. The van der Waals surface area contributed by atoms with Crippen LogP contribution in [-0.2, 0) is 35.2 Å². The number of pyridine rings is 1. The number of Topliss-reactive ketones (excluding diaryl/α,β-unsaturated/α-hetero) is 1. The van der Waals surface area contributed by atoms with E-state index in [1.54, 1.807) is 18.7 Å². The van der Waals surface area contributed by atoms with Gasteiger partial charge in [-0.25, -0.2) is 0 Å². The number of carboxylic acid groups (broad SMARTS) is 1. The number of fused-ring (bicyclic) bond motifs is 2. The molecule has 284 valence electrons. The molecule has 0 amide bonds. The van der Waals surface area contributed by atoms with E-state index in [-0.39, 0.29) is 16.6 Å². The van der Waals surface area contributed by atoms with Crippen LogP contribution in [0.4, 0.5) is 18.9 Å². The zero-order valence-electron chi connectivity index (χ0n) is 31.4. The number of halogens is 3. The minimum Gasteiger partial charge on any atom is -0.481 e. The monoisotopic (exact) mass is 757 g/mol. The Morgan fingerprint density at radius 1 is 1.00 bits per heavy atom. The predicted molar refractivity (Wildman–Crippen MR) is 208 cm³/mol. The molecule has 1 aliphatic rings. The van der Waals surface area contributed by atoms with E-state index in [1.165, 1.54) is 6.07 Å². The summed E-state index contributed by atoms with van der Waals surface area (Å²) < 4.78 is 47.9. The van der Waals surface area contributed by atoms with Gasteiger partial charge in [0.1, 0.15) is 5.75 Å². The van der Waals surface area contributed by atoms with Gasteiger partial charge in [-0.15, -0.1) is 11.8 Å². The van der Waals surface area contributed by atoms with Crippen molar-refractivity contribution in [2.45, 2.75) is 102 Å². The van der Waals surface area contributed by atoms with Gasteiger partial charge in [0.05, 0.1) is 22.7 Å². The van der Waals surface area contributed by atoms with Crippen LogP contribution >= 0.6 is 11.8 Å². The fourth-order valence-corrected chi connectivity index (χ4v) is 8.39. The van der Waals surface area contributed by atoms with Gasteiger partial charge in [0, 0.05) is 56.7 Å². The summed E-state index contributed by atoms with van der Waals surface area (Å²) in [6.45, 7) is 12.2. The van der Waals surface area contributed by atoms with Crippen LogP contribution in [0.15, 0.2) is 90.0 Å². The lowest BCUT2D eigenvalue weighted by Crippen LogP contribution is -2.41. The van der Waals surface area contributed by atoms with Gasteiger partial charge in [0.25, 0.3) is 0 Å². The summed E-state index contributed by atoms with van der Waals surface area (Å²) in [6, 6.07) is 23.5. The molecular formula is C43H46F3N3O4S. The summed E-state index contributed by atoms with van der Waals surface area (Å²) in [5, 5.41) is 15.0. The number of aliphatic carboxylic acids is 1. The van der Waals surface area contributed by atoms with Gasteiger partial charge in [-0.2, -0.15) is 13.2 Å². The fraction of sp³-hybridized carbons (Fsp3) is 0.372. The number of ketones is 1. The largest absolute Gasteiger partial charge is 0.481 e. The maximum absolute atomic E-state index is 13.1. The highest BCUT2D eigenvalue weighted by Crippen LogP contribution is 2.46. The van der Waals surface area contributed by atoms with Gasteiger partial charge >= 0.3 is 12.1 Å². The Bertz CT molecular complexity index is 2130. The van der Waals surface area contributed by atoms with Crippen LogP contribution in [-0.4, -0.2) is 43.3 Å². The van der Waals surface area contributed by atoms with Gasteiger partial charge in [-0.3, -0.25) is 14.6 Å². The zero-order chi connectivity index (χ0) is 39.0. The average molecular weight is 758 g/mol. The maximum atomic E-state index is 13.1. The van der Waals surface area contributed by atoms with Crippen molar-refractivity contribution >= 4 is 40.1 Å². The number of carbonyl (C=O) groups is 2. The maximum Gasteiger partial charge on any atom is 0.417 e. The molecule has 2 atom stereocenters. The molecule has 3 aromatic carbocycles. The van der Waals surface area contributed by atoms with E-state index in [9.17, 15) is 27.9 Å². The van der Waals surface area contributed by atoms with Crippen molar-refractivity contribution < 1.29 is 32.6 Å². The van der Waals surface area contributed by atoms with Crippen molar-refractivity contribution in [2.75, 3.05) is 5.32 Å². The van der Waals surface area contributed by atoms with Gasteiger partial charge in [-0.1, -0.05) is 77.1 Å². The summed E-state index contributed by atoms with van der Waals surface area (Å²) in [5.74, 6) is -0.387. The number of hydrogen-bond acceptors (Lipinski definition) is 6. The second-order valence-electron chi connectivity index (χ2n) is 15.1. The van der Waals surface area contributed by atoms with Crippen molar-refractivity contribution in [1.29, 1.82) is 0 Å². The lowest BCUT2D eigenvalue weighted by atomic mass is 9.78. The van der Waals surface area contributed by atoms with E-state index in [0.717, 1.165) is 50.6 Å². The number of ether oxygens (including phenoxy) is 1. The molecule has 6 rings (SSSR count). The number of nitrogens with one attached hydrogen (secondary N) is 1. The van der Waals surface area contributed by atoms with Crippen LogP contribution in [0, 0.1) is 5.41 Å². The first kappa shape index (κ1) is 38.9. The number of anilines is 1. The Hall–Kier alpha value is -4.77. The second-order valence-corrected chi connectivity index (χ2v) is 16.9. The molecule has 0 radical (unpaired) electrons. The highest BCUT2D eigenvalue weighted by atomic mass is 32.2. The summed E-state index contributed by atoms with van der Waals surface area (Å²) in [6.07, 6.45) is -2.51. The SMILES string of the molecule is CCC(CC)(Cc1c(SC(C)(C)C)c2cc(O[C@H](C(C)=O)C3Cc4ccccc4N3)ccc2n1Cc1ccc(-c2ccc(C(F)(F)F)cn2)cc1)C(=O)O. The number of alkyl halides is 3. The van der Waals surface area contributed by atoms with Crippen LogP contribution in [0.1, 0.15) is 76.8 Å². The lowest BCUT2D eigenvalue weighted by molar-refractivity contribution is -0.149. The number of carbonyl (C=O) groups excluding carboxylic acids is 1. The first-order valence-electron chi connectivity index (χ1n) is 18.2. The molecule has 3 heterocycles. The molecule has 0 aliphatic carbocycles. The van der Waals surface area contributed by atoms with Crippen LogP contribution in [0.5, 0.6) is 5.75 Å². The number of carboxylic acids is 1. The van der Waals surface area contributed by atoms with Crippen molar-refractivity contribution in [3.63, 3.8) is 0 Å². The molecule has 5 aromatic rings. The van der Waals surface area contributed by atoms with E-state index in [1.807, 2.05) is 74.5 Å². The van der Waals surface area contributed by atoms with Crippen molar-refractivity contribution in [1.82, 2.24) is 9.55 Å². The van der Waals surface area contributed by atoms with Crippen LogP contribution in [0.3, 0.4) is 0 Å². The molecule has 0 saturated carbocycles. The Morgan fingerprint density at radius 2 is 1.70 bits per heavy atom. The molecule has 0 bridgehead atoms. The lowest BCUT2D eigenvalue weighted by Gasteiger charge is -2.29. The first-order chi connectivity index (χ1) is 25.5. The van der Waals surface area contributed by atoms with E-state index < -0.39 is 29.2 Å². The molecule has 54 heavy (non-hydrogen) atoms. The van der Waals surface area contributed by atoms with Crippen LogP contribution in [0.2, 0.25) is 0 Å². The second kappa shape index (κ2) is 15.2. The van der Waals surface area contributed by atoms with Gasteiger partial charge in [0.15, 0.2) is 11.9 Å². The van der Waals surface area contributed by atoms with Crippen molar-refractivity contribution in [2.24, 2.45) is 5.41 Å². The molecular weight excluding hydrogens is 712 g/mol. The molecule has 2 N–H and O–H groups in total. The summed E-state index contributed by atoms with van der Waals surface area (Å²) in [7, 11) is 0. The van der Waals surface area contributed by atoms with E-state index >= 15 is 0 Å². The molecule has 0 fully saturated rings. The quantitative estimate of drug-likeness (QED) is 0.116. The summed E-state index contributed by atoms with van der Waals surface area (Å²) >= 11 is 1.68. The third-order valence-electron chi connectivity index (χ3n) is 10.3. The molecule has 1 unspecified atom stereocenters. The third-order valence-corrected chi connectivity index (χ3v) is 11.6. The Morgan fingerprint density at radius 3 is 2.28 bits per heavy atom. The number of aromatic nitrogens is 2. The van der Waals surface area contributed by atoms with E-state index in [2.05, 4.69) is 41.7 Å². The standard InChI is InChI=1S/C43H46F3N3O4S/c1-7-42(8-2,40(51)52)23-37-39(54-41(4,5)6)32-22-31(53-38(26(3)50)35-21-29-11-9-10-12-34(29)48-35)18-20-36(32)49(37)25-27-13-15-28(16-14-27)33-19-17-30(24-47-33)43(44,45)46/h9-20,22,24,35,38,48H,7-8,21,23,25H2,1-6H3,(H,51,52)/t35?,38-/m1/s1. The summed E-state index contributed by atoms with van der Waals surface area (Å²) in [5.41, 5.74) is 4.16. The zero-order valence-corrected chi connectivity index (χ0v) is 32.2. The van der Waals surface area contributed by atoms with E-state index in [4.69, 9.17) is 4.74 Å². The predicted octanol–water partition coefficient (Wildman–Crippen LogP) is 10.5. The smallest absolute Gasteiger partial charge is 0.417 e. The topological polar surface area (TPSA) is 93.5 Å². The normalized spacial score (nSPS) is 15.2. The average Bonchev–Trinajstić information content (AvgIpc) is 3.67. The minimum atomic E-state index is -4.47. The number of thioether (sulfide) groups is 1. The Labute approximate surface area is 318 Å². The van der Waals surface area contributed by atoms with Crippen LogP contribution < -0.4 is 10.1 Å². The summed E-state index contributed by atoms with van der Waals surface area (Å²) in [4.78, 5) is 31.0. The molecule has 0 saturated heterocycles. The first-order valence-corrected chi connectivity index (χ1v) is 19.0. The van der Waals surface area contributed by atoms with Crippen molar-refractivity contribution in [3.05, 3.63) is 107 Å². The number of hydrogen-bond donors (Lipinski definition) is 2. The highest BCUT2D eigenvalue weighted by molar-refractivity contribution is 8.00. The van der Waals surface area contributed by atoms with Gasteiger partial charge in [0.2, 0.25) is 0 Å². The number of benzene rings is 3. The Balaban J connectivity index is 1.42. The highest BCUT2D eigenvalue weighted by Gasteiger charge is 2.39. The molecule has 2 aromatic heterocycles. The number of para-hydroxylation sites is 1. The van der Waals surface area contributed by atoms with Gasteiger partial charge in [-0.05, 0) is 73.7 Å². The molecule has 1 aliphatic heterocycles. The van der Waals surface area contributed by atoms with E-state index in [0.29, 0.717) is 49.2 Å².